The van der Waals surface area contributed by atoms with Crippen molar-refractivity contribution in [1.29, 1.82) is 5.26 Å². The first-order valence-corrected chi connectivity index (χ1v) is 11.2. The molecule has 0 aromatic heterocycles. The van der Waals surface area contributed by atoms with E-state index in [1.807, 2.05) is 60.3 Å². The van der Waals surface area contributed by atoms with Crippen LogP contribution in [0.3, 0.4) is 0 Å². The number of nitriles is 1. The van der Waals surface area contributed by atoms with Gasteiger partial charge in [0.05, 0.1) is 18.9 Å². The third-order valence-electron chi connectivity index (χ3n) is 7.16. The zero-order chi connectivity index (χ0) is 24.8. The predicted octanol–water partition coefficient (Wildman–Crippen LogP) is 1.67. The fraction of sp³-hybridized carbons (Fsp3) is 0.609. The van der Waals surface area contributed by atoms with Crippen LogP contribution in [0.15, 0.2) is 34.3 Å². The largest absolute Gasteiger partial charge is 0.495 e. The number of hydrogen-bond donors (Lipinski definition) is 2. The van der Waals surface area contributed by atoms with Crippen LogP contribution >= 0.6 is 0 Å². The number of para-hydroxylation sites is 2. The van der Waals surface area contributed by atoms with E-state index < -0.39 is 28.7 Å². The van der Waals surface area contributed by atoms with Gasteiger partial charge >= 0.3 is 0 Å². The Labute approximate surface area is 198 Å². The molecule has 1 aromatic rings. The third kappa shape index (κ3) is 3.65. The SMILES string of the molecule is COc1ccccc1N(N(C)CCN(C)C)C1(NC23CC(C(F)F)(C2)C3)N=CN=CC1(N)C#N. The van der Waals surface area contributed by atoms with Crippen LogP contribution in [0.1, 0.15) is 19.3 Å². The molecule has 184 valence electrons. The van der Waals surface area contributed by atoms with Gasteiger partial charge in [-0.3, -0.25) is 10.3 Å². The van der Waals surface area contributed by atoms with Gasteiger partial charge in [0.2, 0.25) is 12.2 Å². The molecule has 3 N–H and O–H groups in total. The second-order valence-corrected chi connectivity index (χ2v) is 9.94. The fourth-order valence-electron chi connectivity index (χ4n) is 5.44. The molecule has 0 spiro atoms. The van der Waals surface area contributed by atoms with E-state index in [0.717, 1.165) is 0 Å². The van der Waals surface area contributed by atoms with Gasteiger partial charge in [0.25, 0.3) is 0 Å². The van der Waals surface area contributed by atoms with Crippen LogP contribution in [0.2, 0.25) is 0 Å². The second-order valence-electron chi connectivity index (χ2n) is 9.94. The van der Waals surface area contributed by atoms with Crippen molar-refractivity contribution < 1.29 is 13.5 Å². The van der Waals surface area contributed by atoms with Gasteiger partial charge in [0.15, 0.2) is 5.54 Å². The van der Waals surface area contributed by atoms with Gasteiger partial charge < -0.3 is 15.4 Å². The lowest BCUT2D eigenvalue weighted by Gasteiger charge is -2.72. The molecule has 3 aliphatic carbocycles. The number of likely N-dealkylation sites (N-methyl/N-ethyl adjacent to an activating group) is 2. The van der Waals surface area contributed by atoms with Gasteiger partial charge in [-0.15, -0.1) is 0 Å². The highest BCUT2D eigenvalue weighted by Crippen LogP contribution is 2.70. The molecule has 0 saturated heterocycles. The van der Waals surface area contributed by atoms with E-state index in [-0.39, 0.29) is 0 Å². The highest BCUT2D eigenvalue weighted by atomic mass is 19.3. The number of anilines is 1. The summed E-state index contributed by atoms with van der Waals surface area (Å²) in [7, 11) is 7.38. The number of rotatable bonds is 10. The molecule has 3 saturated carbocycles. The Morgan fingerprint density at radius 3 is 2.47 bits per heavy atom. The van der Waals surface area contributed by atoms with Gasteiger partial charge in [-0.05, 0) is 45.5 Å². The van der Waals surface area contributed by atoms with Gasteiger partial charge in [0, 0.05) is 37.3 Å². The van der Waals surface area contributed by atoms with Gasteiger partial charge in [0.1, 0.15) is 12.1 Å². The number of hydrazine groups is 1. The molecule has 1 aromatic carbocycles. The number of aliphatic imine (C=N–C) groups is 2. The summed E-state index contributed by atoms with van der Waals surface area (Å²) in [5, 5.41) is 17.5. The van der Waals surface area contributed by atoms with E-state index >= 15 is 0 Å². The Bertz CT molecular complexity index is 1000. The second kappa shape index (κ2) is 8.53. The van der Waals surface area contributed by atoms with Crippen LogP contribution in [0, 0.1) is 16.7 Å². The molecule has 5 rings (SSSR count). The molecule has 11 heteroatoms. The number of methoxy groups -OCH3 is 1. The molecule has 34 heavy (non-hydrogen) atoms. The average molecular weight is 475 g/mol. The molecule has 1 heterocycles. The lowest BCUT2D eigenvalue weighted by atomic mass is 9.39. The number of nitrogens with zero attached hydrogens (tertiary/aromatic N) is 6. The van der Waals surface area contributed by atoms with E-state index in [2.05, 4.69) is 16.4 Å². The van der Waals surface area contributed by atoms with Crippen molar-refractivity contribution in [3.05, 3.63) is 24.3 Å². The van der Waals surface area contributed by atoms with Crippen LogP contribution in [-0.2, 0) is 0 Å². The molecular formula is C23H32F2N8O. The normalized spacial score (nSPS) is 33.6. The van der Waals surface area contributed by atoms with Gasteiger partial charge in [-0.2, -0.15) is 5.26 Å². The summed E-state index contributed by atoms with van der Waals surface area (Å²) in [6, 6.07) is 9.56. The number of benzene rings is 1. The summed E-state index contributed by atoms with van der Waals surface area (Å²) < 4.78 is 32.8. The molecule has 2 atom stereocenters. The Morgan fingerprint density at radius 1 is 1.21 bits per heavy atom. The molecule has 2 bridgehead atoms. The van der Waals surface area contributed by atoms with Crippen molar-refractivity contribution in [1.82, 2.24) is 15.2 Å². The van der Waals surface area contributed by atoms with Gasteiger partial charge in [-0.25, -0.2) is 23.8 Å². The Balaban J connectivity index is 1.83. The summed E-state index contributed by atoms with van der Waals surface area (Å²) >= 11 is 0. The summed E-state index contributed by atoms with van der Waals surface area (Å²) in [5.74, 6) is -0.992. The van der Waals surface area contributed by atoms with Crippen LogP contribution < -0.4 is 20.8 Å². The zero-order valence-electron chi connectivity index (χ0n) is 20.0. The quantitative estimate of drug-likeness (QED) is 0.393. The standard InChI is InChI=1S/C23H32F2N8O/c1-31(2)9-10-32(3)33(17-7-5-6-8-18(17)34-4)23(22(27,14-26)15-28-16-29-23)30-21-11-20(12-21,13-21)19(24)25/h5-8,15-16,19,30H,9-13,27H2,1-4H3. The Kier molecular flexibility index (Phi) is 6.14. The van der Waals surface area contributed by atoms with Crippen LogP contribution in [0.5, 0.6) is 5.75 Å². The van der Waals surface area contributed by atoms with E-state index in [1.54, 1.807) is 7.11 Å². The number of alkyl halides is 2. The molecule has 0 radical (unpaired) electrons. The monoisotopic (exact) mass is 474 g/mol. The summed E-state index contributed by atoms with van der Waals surface area (Å²) in [4.78, 5) is 10.8. The zero-order valence-corrected chi connectivity index (χ0v) is 20.0. The van der Waals surface area contributed by atoms with E-state index in [9.17, 15) is 14.0 Å². The molecule has 4 aliphatic rings. The number of halogens is 2. The number of ether oxygens (including phenoxy) is 1. The molecule has 0 amide bonds. The van der Waals surface area contributed by atoms with Crippen LogP contribution in [0.25, 0.3) is 0 Å². The summed E-state index contributed by atoms with van der Waals surface area (Å²) in [5.41, 5.74) is 4.07. The lowest BCUT2D eigenvalue weighted by Crippen LogP contribution is -2.87. The number of hydrogen-bond acceptors (Lipinski definition) is 9. The van der Waals surface area contributed by atoms with E-state index in [0.29, 0.717) is 43.8 Å². The first-order valence-electron chi connectivity index (χ1n) is 11.2. The topological polar surface area (TPSA) is 106 Å². The Morgan fingerprint density at radius 2 is 1.88 bits per heavy atom. The van der Waals surface area contributed by atoms with Crippen molar-refractivity contribution >= 4 is 18.2 Å². The first-order chi connectivity index (χ1) is 16.1. The highest BCUT2D eigenvalue weighted by Gasteiger charge is 2.75. The van der Waals surface area contributed by atoms with E-state index in [1.165, 1.54) is 12.6 Å². The lowest BCUT2D eigenvalue weighted by molar-refractivity contribution is -0.238. The smallest absolute Gasteiger partial charge is 0.244 e. The van der Waals surface area contributed by atoms with Crippen molar-refractivity contribution in [2.45, 2.75) is 42.6 Å². The molecular weight excluding hydrogens is 442 g/mol. The fourth-order valence-corrected chi connectivity index (χ4v) is 5.44. The first kappa shape index (κ1) is 24.5. The maximum absolute atomic E-state index is 13.6. The summed E-state index contributed by atoms with van der Waals surface area (Å²) in [6.07, 6.45) is 1.24. The minimum absolute atomic E-state index is 0.300. The number of nitrogens with one attached hydrogen (secondary N) is 1. The van der Waals surface area contributed by atoms with Crippen molar-refractivity contribution in [2.75, 3.05) is 46.4 Å². The minimum Gasteiger partial charge on any atom is -0.495 e. The Hall–Kier alpha value is -2.65. The third-order valence-corrected chi connectivity index (χ3v) is 7.16. The minimum atomic E-state index is -2.38. The summed E-state index contributed by atoms with van der Waals surface area (Å²) in [6.45, 7) is 1.27. The molecule has 1 aliphatic heterocycles. The van der Waals surface area contributed by atoms with Crippen LogP contribution in [0.4, 0.5) is 14.5 Å². The average Bonchev–Trinajstić information content (AvgIpc) is 2.75. The molecule has 9 nitrogen and oxygen atoms in total. The van der Waals surface area contributed by atoms with Crippen molar-refractivity contribution in [2.24, 2.45) is 21.1 Å². The molecule has 3 fully saturated rings. The maximum Gasteiger partial charge on any atom is 0.244 e. The predicted molar refractivity (Wildman–Crippen MR) is 127 cm³/mol. The van der Waals surface area contributed by atoms with Crippen molar-refractivity contribution in [3.8, 4) is 11.8 Å². The maximum atomic E-state index is 13.6. The van der Waals surface area contributed by atoms with Gasteiger partial charge in [-0.1, -0.05) is 12.1 Å². The van der Waals surface area contributed by atoms with E-state index in [4.69, 9.17) is 15.5 Å². The highest BCUT2D eigenvalue weighted by molar-refractivity contribution is 5.88. The van der Waals surface area contributed by atoms with Crippen molar-refractivity contribution in [3.63, 3.8) is 0 Å². The van der Waals surface area contributed by atoms with Crippen LogP contribution in [-0.4, -0.2) is 87.1 Å². The number of nitrogens with two attached hydrogens (primary N) is 1. The molecule has 2 unspecified atom stereocenters.